The second-order valence-electron chi connectivity index (χ2n) is 5.64. The fourth-order valence-corrected chi connectivity index (χ4v) is 3.40. The first-order valence-corrected chi connectivity index (χ1v) is 9.04. The number of thiazole rings is 1. The van der Waals surface area contributed by atoms with Gasteiger partial charge in [-0.3, -0.25) is 9.78 Å². The van der Waals surface area contributed by atoms with Crippen LogP contribution in [0, 0.1) is 6.92 Å². The van der Waals surface area contributed by atoms with E-state index in [9.17, 15) is 4.79 Å². The summed E-state index contributed by atoms with van der Waals surface area (Å²) in [4.78, 5) is 20.9. The Morgan fingerprint density at radius 2 is 2.15 bits per heavy atom. The van der Waals surface area contributed by atoms with E-state index < -0.39 is 0 Å². The number of pyridine rings is 1. The monoisotopic (exact) mass is 361 g/mol. The number of carbonyl (C=O) groups excluding carboxylic acids is 1. The molecule has 0 bridgehead atoms. The first kappa shape index (κ1) is 17.8. The number of aromatic nitrogens is 2. The van der Waals surface area contributed by atoms with Gasteiger partial charge in [0, 0.05) is 30.1 Å². The van der Waals surface area contributed by atoms with Crippen LogP contribution in [0.1, 0.15) is 20.9 Å². The smallest absolute Gasteiger partial charge is 0.251 e. The summed E-state index contributed by atoms with van der Waals surface area (Å²) < 4.78 is 1.05. The van der Waals surface area contributed by atoms with Crippen LogP contribution in [0.5, 0.6) is 0 Å². The molecular formula is C21H19N3OS. The van der Waals surface area contributed by atoms with E-state index in [1.165, 1.54) is 0 Å². The lowest BCUT2D eigenvalue weighted by Crippen LogP contribution is -2.23. The molecule has 130 valence electrons. The van der Waals surface area contributed by atoms with Gasteiger partial charge in [0.25, 0.3) is 5.91 Å². The van der Waals surface area contributed by atoms with Crippen molar-refractivity contribution < 1.29 is 4.79 Å². The molecule has 2 aromatic heterocycles. The Kier molecular flexibility index (Phi) is 5.71. The van der Waals surface area contributed by atoms with Crippen molar-refractivity contribution >= 4 is 33.0 Å². The summed E-state index contributed by atoms with van der Waals surface area (Å²) in [6, 6.07) is 9.44. The van der Waals surface area contributed by atoms with Crippen LogP contribution >= 0.6 is 11.3 Å². The molecule has 0 saturated heterocycles. The van der Waals surface area contributed by atoms with Crippen LogP contribution in [0.3, 0.4) is 0 Å². The SMILES string of the molecule is C=C/C(=C\C=C/CNC(=O)c1ccccc1C)c1nc2ccncc2s1. The molecule has 0 saturated carbocycles. The number of fused-ring (bicyclic) bond motifs is 1. The van der Waals surface area contributed by atoms with Crippen LogP contribution in [0.4, 0.5) is 0 Å². The normalized spacial score (nSPS) is 11.8. The Bertz CT molecular complexity index is 968. The number of amides is 1. The van der Waals surface area contributed by atoms with Gasteiger partial charge in [-0.05, 0) is 24.6 Å². The minimum absolute atomic E-state index is 0.0700. The van der Waals surface area contributed by atoms with Crippen molar-refractivity contribution in [2.24, 2.45) is 0 Å². The molecule has 3 aromatic rings. The van der Waals surface area contributed by atoms with Crippen molar-refractivity contribution in [2.75, 3.05) is 6.54 Å². The maximum absolute atomic E-state index is 12.1. The third-order valence-electron chi connectivity index (χ3n) is 3.84. The van der Waals surface area contributed by atoms with Gasteiger partial charge in [-0.1, -0.05) is 49.1 Å². The Balaban J connectivity index is 1.63. The predicted molar refractivity (Wildman–Crippen MR) is 108 cm³/mol. The lowest BCUT2D eigenvalue weighted by Gasteiger charge is -2.04. The standard InChI is InChI=1S/C21H19N3OS/c1-3-16(21-24-18-11-13-22-14-19(18)26-21)9-6-7-12-23-20(25)17-10-5-4-8-15(17)2/h3-11,13-14H,1,12H2,2H3,(H,23,25)/b7-6-,16-9+. The van der Waals surface area contributed by atoms with Crippen molar-refractivity contribution in [3.8, 4) is 0 Å². The summed E-state index contributed by atoms with van der Waals surface area (Å²) in [5, 5.41) is 3.79. The molecule has 0 radical (unpaired) electrons. The second kappa shape index (κ2) is 8.36. The van der Waals surface area contributed by atoms with Gasteiger partial charge < -0.3 is 5.32 Å². The van der Waals surface area contributed by atoms with E-state index in [4.69, 9.17) is 0 Å². The number of hydrogen-bond acceptors (Lipinski definition) is 4. The minimum atomic E-state index is -0.0700. The van der Waals surface area contributed by atoms with Gasteiger partial charge in [0.1, 0.15) is 5.01 Å². The van der Waals surface area contributed by atoms with Crippen LogP contribution < -0.4 is 5.32 Å². The number of carbonyl (C=O) groups is 1. The maximum atomic E-state index is 12.1. The van der Waals surface area contributed by atoms with E-state index in [0.717, 1.165) is 26.4 Å². The zero-order valence-corrected chi connectivity index (χ0v) is 15.3. The quantitative estimate of drug-likeness (QED) is 0.655. The first-order valence-electron chi connectivity index (χ1n) is 8.23. The molecule has 0 aliphatic carbocycles. The number of benzene rings is 1. The number of rotatable bonds is 6. The molecule has 5 heteroatoms. The Labute approximate surface area is 156 Å². The molecule has 4 nitrogen and oxygen atoms in total. The lowest BCUT2D eigenvalue weighted by atomic mass is 10.1. The van der Waals surface area contributed by atoms with E-state index in [-0.39, 0.29) is 5.91 Å². The van der Waals surface area contributed by atoms with Gasteiger partial charge in [0.2, 0.25) is 0 Å². The first-order chi connectivity index (χ1) is 12.7. The molecule has 2 heterocycles. The molecule has 0 spiro atoms. The molecule has 0 fully saturated rings. The van der Waals surface area contributed by atoms with Crippen LogP contribution in [0.25, 0.3) is 15.8 Å². The van der Waals surface area contributed by atoms with Gasteiger partial charge in [-0.2, -0.15) is 0 Å². The Morgan fingerprint density at radius 1 is 1.31 bits per heavy atom. The topological polar surface area (TPSA) is 54.9 Å². The molecule has 0 atom stereocenters. The van der Waals surface area contributed by atoms with E-state index in [0.29, 0.717) is 12.1 Å². The van der Waals surface area contributed by atoms with Crippen molar-refractivity contribution in [1.29, 1.82) is 0 Å². The molecule has 0 aliphatic heterocycles. The van der Waals surface area contributed by atoms with Crippen LogP contribution in [0.2, 0.25) is 0 Å². The molecule has 1 amide bonds. The summed E-state index contributed by atoms with van der Waals surface area (Å²) in [5.41, 5.74) is 3.54. The van der Waals surface area contributed by atoms with Crippen molar-refractivity contribution in [2.45, 2.75) is 6.92 Å². The number of nitrogens with zero attached hydrogens (tertiary/aromatic N) is 2. The highest BCUT2D eigenvalue weighted by molar-refractivity contribution is 7.19. The highest BCUT2D eigenvalue weighted by Crippen LogP contribution is 2.26. The van der Waals surface area contributed by atoms with Crippen molar-refractivity contribution in [3.63, 3.8) is 0 Å². The number of hydrogen-bond donors (Lipinski definition) is 1. The third kappa shape index (κ3) is 4.13. The van der Waals surface area contributed by atoms with Gasteiger partial charge in [-0.15, -0.1) is 11.3 Å². The third-order valence-corrected chi connectivity index (χ3v) is 4.90. The van der Waals surface area contributed by atoms with Gasteiger partial charge in [0.05, 0.1) is 10.2 Å². The Hall–Kier alpha value is -3.05. The summed E-state index contributed by atoms with van der Waals surface area (Å²) in [5.74, 6) is -0.0700. The highest BCUT2D eigenvalue weighted by atomic mass is 32.1. The summed E-state index contributed by atoms with van der Waals surface area (Å²) in [6.07, 6.45) is 11.1. The average Bonchev–Trinajstić information content (AvgIpc) is 3.08. The van der Waals surface area contributed by atoms with Crippen LogP contribution in [0.15, 0.2) is 73.6 Å². The number of aryl methyl sites for hydroxylation is 1. The maximum Gasteiger partial charge on any atom is 0.251 e. The number of allylic oxidation sites excluding steroid dienone is 4. The van der Waals surface area contributed by atoms with Gasteiger partial charge in [0.15, 0.2) is 0 Å². The fraction of sp³-hybridized carbons (Fsp3) is 0.0952. The second-order valence-corrected chi connectivity index (χ2v) is 6.67. The molecule has 1 aromatic carbocycles. The van der Waals surface area contributed by atoms with Crippen molar-refractivity contribution in [1.82, 2.24) is 15.3 Å². The molecular weight excluding hydrogens is 342 g/mol. The lowest BCUT2D eigenvalue weighted by molar-refractivity contribution is 0.0957. The minimum Gasteiger partial charge on any atom is -0.349 e. The Morgan fingerprint density at radius 3 is 2.92 bits per heavy atom. The van der Waals surface area contributed by atoms with Crippen molar-refractivity contribution in [3.05, 3.63) is 89.7 Å². The average molecular weight is 361 g/mol. The van der Waals surface area contributed by atoms with E-state index in [1.807, 2.05) is 61.7 Å². The van der Waals surface area contributed by atoms with Crippen LogP contribution in [-0.4, -0.2) is 22.4 Å². The molecule has 0 aliphatic rings. The summed E-state index contributed by atoms with van der Waals surface area (Å²) in [6.45, 7) is 6.25. The largest absolute Gasteiger partial charge is 0.349 e. The summed E-state index contributed by atoms with van der Waals surface area (Å²) in [7, 11) is 0. The molecule has 3 rings (SSSR count). The summed E-state index contributed by atoms with van der Waals surface area (Å²) >= 11 is 1.58. The molecule has 0 unspecified atom stereocenters. The highest BCUT2D eigenvalue weighted by Gasteiger charge is 2.06. The molecule has 26 heavy (non-hydrogen) atoms. The van der Waals surface area contributed by atoms with Crippen LogP contribution in [-0.2, 0) is 0 Å². The van der Waals surface area contributed by atoms with E-state index in [1.54, 1.807) is 23.6 Å². The van der Waals surface area contributed by atoms with Gasteiger partial charge in [-0.25, -0.2) is 4.98 Å². The zero-order valence-electron chi connectivity index (χ0n) is 14.5. The van der Waals surface area contributed by atoms with E-state index in [2.05, 4.69) is 21.9 Å². The zero-order chi connectivity index (χ0) is 18.4. The van der Waals surface area contributed by atoms with Gasteiger partial charge >= 0.3 is 0 Å². The number of nitrogens with one attached hydrogen (secondary N) is 1. The predicted octanol–water partition coefficient (Wildman–Crippen LogP) is 4.56. The fourth-order valence-electron chi connectivity index (χ4n) is 2.44. The molecule has 1 N–H and O–H groups in total. The van der Waals surface area contributed by atoms with E-state index >= 15 is 0 Å².